The zero-order valence-electron chi connectivity index (χ0n) is 9.45. The Balaban J connectivity index is 2.49. The summed E-state index contributed by atoms with van der Waals surface area (Å²) >= 11 is 0. The van der Waals surface area contributed by atoms with E-state index in [-0.39, 0.29) is 5.76 Å². The summed E-state index contributed by atoms with van der Waals surface area (Å²) in [5.41, 5.74) is 0. The summed E-state index contributed by atoms with van der Waals surface area (Å²) < 4.78 is 9.88. The lowest BCUT2D eigenvalue weighted by molar-refractivity contribution is -0.703. The van der Waals surface area contributed by atoms with Crippen LogP contribution in [0.15, 0.2) is 16.5 Å². The molecule has 0 aliphatic carbocycles. The first-order valence-corrected chi connectivity index (χ1v) is 5.17. The molecule has 0 radical (unpaired) electrons. The fourth-order valence-electron chi connectivity index (χ4n) is 1.18. The van der Waals surface area contributed by atoms with Gasteiger partial charge in [-0.2, -0.15) is 0 Å². The highest BCUT2D eigenvalue weighted by Crippen LogP contribution is 2.07. The second-order valence-corrected chi connectivity index (χ2v) is 3.58. The third-order valence-electron chi connectivity index (χ3n) is 2.41. The Morgan fingerprint density at radius 1 is 1.60 bits per heavy atom. The van der Waals surface area contributed by atoms with E-state index in [9.17, 15) is 4.79 Å². The number of nitrogens with two attached hydrogens (primary N) is 1. The summed E-state index contributed by atoms with van der Waals surface area (Å²) in [7, 11) is 1.34. The fourth-order valence-corrected chi connectivity index (χ4v) is 1.18. The van der Waals surface area contributed by atoms with Gasteiger partial charge in [0.05, 0.1) is 13.2 Å². The predicted molar refractivity (Wildman–Crippen MR) is 55.4 cm³/mol. The van der Waals surface area contributed by atoms with E-state index < -0.39 is 5.97 Å². The number of carbonyl (C=O) groups excluding carboxylic acids is 1. The molecule has 0 unspecified atom stereocenters. The normalized spacial score (nSPS) is 12.5. The Morgan fingerprint density at radius 3 is 2.93 bits per heavy atom. The molecule has 0 aliphatic heterocycles. The van der Waals surface area contributed by atoms with Gasteiger partial charge >= 0.3 is 5.97 Å². The van der Waals surface area contributed by atoms with Crippen LogP contribution in [-0.2, 0) is 11.3 Å². The summed E-state index contributed by atoms with van der Waals surface area (Å²) in [4.78, 5) is 11.1. The average molecular weight is 212 g/mol. The van der Waals surface area contributed by atoms with E-state index in [1.165, 1.54) is 7.11 Å². The molecule has 84 valence electrons. The number of ether oxygens (including phenoxy) is 1. The first-order valence-electron chi connectivity index (χ1n) is 5.17. The van der Waals surface area contributed by atoms with E-state index in [1.54, 1.807) is 6.07 Å². The Morgan fingerprint density at radius 2 is 2.33 bits per heavy atom. The molecule has 0 spiro atoms. The maximum absolute atomic E-state index is 11.1. The van der Waals surface area contributed by atoms with Crippen molar-refractivity contribution in [2.24, 2.45) is 0 Å². The van der Waals surface area contributed by atoms with Gasteiger partial charge in [0.15, 0.2) is 5.76 Å². The lowest BCUT2D eigenvalue weighted by Gasteiger charge is -2.05. The standard InChI is InChI=1S/C11H17NO3/c1-4-8(2)12-7-9-5-6-10(15-9)11(13)14-3/h5-6,8,12H,4,7H2,1-3H3/p+1/t8-/m1/s1. The minimum absolute atomic E-state index is 0.269. The van der Waals surface area contributed by atoms with Crippen molar-refractivity contribution < 1.29 is 19.3 Å². The van der Waals surface area contributed by atoms with Crippen LogP contribution in [0.1, 0.15) is 36.6 Å². The molecule has 1 atom stereocenters. The van der Waals surface area contributed by atoms with Crippen LogP contribution in [-0.4, -0.2) is 19.1 Å². The number of hydrogen-bond donors (Lipinski definition) is 1. The van der Waals surface area contributed by atoms with E-state index in [0.717, 1.165) is 18.7 Å². The van der Waals surface area contributed by atoms with Gasteiger partial charge in [0.1, 0.15) is 6.54 Å². The molecule has 1 heterocycles. The monoisotopic (exact) mass is 212 g/mol. The van der Waals surface area contributed by atoms with Gasteiger partial charge in [0, 0.05) is 0 Å². The zero-order chi connectivity index (χ0) is 11.3. The summed E-state index contributed by atoms with van der Waals surface area (Å²) in [5, 5.41) is 2.18. The van der Waals surface area contributed by atoms with Crippen molar-refractivity contribution >= 4 is 5.97 Å². The highest BCUT2D eigenvalue weighted by Gasteiger charge is 2.12. The lowest BCUT2D eigenvalue weighted by atomic mass is 10.2. The first-order chi connectivity index (χ1) is 7.17. The minimum Gasteiger partial charge on any atom is -0.463 e. The number of hydrogen-bond acceptors (Lipinski definition) is 3. The molecule has 0 aliphatic rings. The van der Waals surface area contributed by atoms with E-state index >= 15 is 0 Å². The van der Waals surface area contributed by atoms with Crippen molar-refractivity contribution in [3.8, 4) is 0 Å². The van der Waals surface area contributed by atoms with Crippen LogP contribution in [0.5, 0.6) is 0 Å². The Kier molecular flexibility index (Phi) is 4.37. The van der Waals surface area contributed by atoms with Crippen LogP contribution in [0.25, 0.3) is 0 Å². The molecule has 1 rings (SSSR count). The minimum atomic E-state index is -0.426. The first kappa shape index (κ1) is 11.8. The van der Waals surface area contributed by atoms with E-state index in [2.05, 4.69) is 23.9 Å². The average Bonchev–Trinajstić information content (AvgIpc) is 2.73. The lowest BCUT2D eigenvalue weighted by Crippen LogP contribution is -2.87. The number of methoxy groups -OCH3 is 1. The molecular formula is C11H18NO3+. The van der Waals surface area contributed by atoms with Crippen molar-refractivity contribution in [2.45, 2.75) is 32.9 Å². The van der Waals surface area contributed by atoms with Crippen molar-refractivity contribution in [1.29, 1.82) is 0 Å². The Hall–Kier alpha value is -1.29. The number of rotatable bonds is 5. The predicted octanol–water partition coefficient (Wildman–Crippen LogP) is 0.928. The molecule has 2 N–H and O–H groups in total. The topological polar surface area (TPSA) is 56.0 Å². The van der Waals surface area contributed by atoms with E-state index in [1.807, 2.05) is 6.07 Å². The van der Waals surface area contributed by atoms with Crippen LogP contribution in [0, 0.1) is 0 Å². The number of furan rings is 1. The quantitative estimate of drug-likeness (QED) is 0.739. The highest BCUT2D eigenvalue weighted by atomic mass is 16.5. The van der Waals surface area contributed by atoms with Crippen LogP contribution < -0.4 is 5.32 Å². The fraction of sp³-hybridized carbons (Fsp3) is 0.545. The molecule has 1 aromatic heterocycles. The summed E-state index contributed by atoms with van der Waals surface area (Å²) in [6.45, 7) is 5.05. The van der Waals surface area contributed by atoms with Gasteiger partial charge in [0.25, 0.3) is 0 Å². The van der Waals surface area contributed by atoms with Gasteiger partial charge in [-0.25, -0.2) is 4.79 Å². The smallest absolute Gasteiger partial charge is 0.373 e. The largest absolute Gasteiger partial charge is 0.463 e. The second-order valence-electron chi connectivity index (χ2n) is 3.58. The van der Waals surface area contributed by atoms with Gasteiger partial charge < -0.3 is 14.5 Å². The molecule has 0 fully saturated rings. The Labute approximate surface area is 89.6 Å². The van der Waals surface area contributed by atoms with E-state index in [4.69, 9.17) is 4.42 Å². The molecule has 0 saturated carbocycles. The summed E-state index contributed by atoms with van der Waals surface area (Å²) in [6.07, 6.45) is 1.12. The Bertz CT molecular complexity index is 319. The molecule has 4 heteroatoms. The van der Waals surface area contributed by atoms with Crippen LogP contribution in [0.4, 0.5) is 0 Å². The van der Waals surface area contributed by atoms with Gasteiger partial charge in [-0.3, -0.25) is 0 Å². The van der Waals surface area contributed by atoms with Crippen molar-refractivity contribution in [3.05, 3.63) is 23.7 Å². The molecule has 0 saturated heterocycles. The van der Waals surface area contributed by atoms with Crippen molar-refractivity contribution in [2.75, 3.05) is 7.11 Å². The van der Waals surface area contributed by atoms with Gasteiger partial charge in [-0.1, -0.05) is 6.92 Å². The second kappa shape index (κ2) is 5.56. The van der Waals surface area contributed by atoms with Crippen molar-refractivity contribution in [3.63, 3.8) is 0 Å². The maximum Gasteiger partial charge on any atom is 0.373 e. The highest BCUT2D eigenvalue weighted by molar-refractivity contribution is 5.86. The molecular weight excluding hydrogens is 194 g/mol. The molecule has 15 heavy (non-hydrogen) atoms. The number of quaternary nitrogens is 1. The van der Waals surface area contributed by atoms with Crippen LogP contribution >= 0.6 is 0 Å². The molecule has 0 bridgehead atoms. The molecule has 0 aromatic carbocycles. The van der Waals surface area contributed by atoms with Gasteiger partial charge in [-0.05, 0) is 25.5 Å². The third-order valence-corrected chi connectivity index (χ3v) is 2.41. The number of esters is 1. The SMILES string of the molecule is CC[C@@H](C)[NH2+]Cc1ccc(C(=O)OC)o1. The van der Waals surface area contributed by atoms with Crippen LogP contribution in [0.3, 0.4) is 0 Å². The summed E-state index contributed by atoms with van der Waals surface area (Å²) in [6, 6.07) is 4.02. The molecule has 4 nitrogen and oxygen atoms in total. The van der Waals surface area contributed by atoms with Crippen molar-refractivity contribution in [1.82, 2.24) is 0 Å². The zero-order valence-corrected chi connectivity index (χ0v) is 9.45. The van der Waals surface area contributed by atoms with E-state index in [0.29, 0.717) is 6.04 Å². The molecule has 0 amide bonds. The maximum atomic E-state index is 11.1. The summed E-state index contributed by atoms with van der Waals surface area (Å²) in [5.74, 6) is 0.644. The molecule has 1 aromatic rings. The van der Waals surface area contributed by atoms with Gasteiger partial charge in [-0.15, -0.1) is 0 Å². The van der Waals surface area contributed by atoms with Crippen LogP contribution in [0.2, 0.25) is 0 Å². The van der Waals surface area contributed by atoms with Gasteiger partial charge in [0.2, 0.25) is 5.76 Å². The third kappa shape index (κ3) is 3.40. The number of carbonyl (C=O) groups is 1.